The molecule has 6 heteroatoms. The zero-order valence-electron chi connectivity index (χ0n) is 15.5. The molecule has 2 aliphatic rings. The number of nitrogens with zero attached hydrogens (tertiary/aromatic N) is 4. The molecule has 0 bridgehead atoms. The van der Waals surface area contributed by atoms with E-state index in [0.717, 1.165) is 42.0 Å². The van der Waals surface area contributed by atoms with Crippen LogP contribution < -0.4 is 5.32 Å². The second-order valence-corrected chi connectivity index (χ2v) is 7.78. The fourth-order valence-corrected chi connectivity index (χ4v) is 4.61. The van der Waals surface area contributed by atoms with E-state index in [9.17, 15) is 0 Å². The second-order valence-electron chi connectivity index (χ2n) is 7.78. The predicted molar refractivity (Wildman–Crippen MR) is 105 cm³/mol. The van der Waals surface area contributed by atoms with Crippen molar-refractivity contribution in [3.63, 3.8) is 0 Å². The summed E-state index contributed by atoms with van der Waals surface area (Å²) in [7, 11) is 0. The maximum Gasteiger partial charge on any atom is 0.168 e. The number of nitrogens with one attached hydrogen (secondary N) is 1. The molecule has 1 saturated carbocycles. The van der Waals surface area contributed by atoms with Gasteiger partial charge in [0.15, 0.2) is 5.65 Å². The van der Waals surface area contributed by atoms with Gasteiger partial charge in [-0.3, -0.25) is 0 Å². The van der Waals surface area contributed by atoms with Gasteiger partial charge in [-0.05, 0) is 37.8 Å². The van der Waals surface area contributed by atoms with Crippen molar-refractivity contribution in [1.29, 1.82) is 0 Å². The molecule has 2 aromatic heterocycles. The summed E-state index contributed by atoms with van der Waals surface area (Å²) in [5, 5.41) is 9.19. The highest BCUT2D eigenvalue weighted by molar-refractivity contribution is 5.87. The van der Waals surface area contributed by atoms with Crippen molar-refractivity contribution in [3.05, 3.63) is 42.9 Å². The average molecular weight is 363 g/mol. The molecule has 3 aromatic rings. The minimum atomic E-state index is 0.0779. The number of anilines is 1. The molecule has 0 amide bonds. The standard InChI is InChI=1S/C21H25N5O/c1-3-7-17(8-4-1)26-20-18(14-24-26)19(22-15-23-20)25-16-9-12-27-21(13-16)10-5-2-6-11-21/h1,3-4,7-8,14-16H,2,5-6,9-13H2,(H,22,23,25). The van der Waals surface area contributed by atoms with Crippen LogP contribution in [0.2, 0.25) is 0 Å². The van der Waals surface area contributed by atoms with Gasteiger partial charge < -0.3 is 10.1 Å². The first-order chi connectivity index (χ1) is 13.3. The number of ether oxygens (including phenoxy) is 1. The highest BCUT2D eigenvalue weighted by Crippen LogP contribution is 2.39. The van der Waals surface area contributed by atoms with E-state index < -0.39 is 0 Å². The van der Waals surface area contributed by atoms with Gasteiger partial charge in [-0.2, -0.15) is 5.10 Å². The molecule has 1 atom stereocenters. The molecule has 6 nitrogen and oxygen atoms in total. The van der Waals surface area contributed by atoms with Crippen LogP contribution in [0.15, 0.2) is 42.9 Å². The van der Waals surface area contributed by atoms with Gasteiger partial charge in [0.2, 0.25) is 0 Å². The van der Waals surface area contributed by atoms with E-state index in [1.54, 1.807) is 6.33 Å². The molecule has 1 spiro atoms. The highest BCUT2D eigenvalue weighted by Gasteiger charge is 2.38. The summed E-state index contributed by atoms with van der Waals surface area (Å²) < 4.78 is 8.10. The quantitative estimate of drug-likeness (QED) is 0.759. The lowest BCUT2D eigenvalue weighted by molar-refractivity contribution is -0.103. The fourth-order valence-electron chi connectivity index (χ4n) is 4.61. The van der Waals surface area contributed by atoms with Gasteiger partial charge in [-0.15, -0.1) is 0 Å². The third-order valence-corrected chi connectivity index (χ3v) is 5.97. The van der Waals surface area contributed by atoms with Crippen molar-refractivity contribution < 1.29 is 4.74 Å². The van der Waals surface area contributed by atoms with Gasteiger partial charge in [0.25, 0.3) is 0 Å². The lowest BCUT2D eigenvalue weighted by Crippen LogP contribution is -2.45. The van der Waals surface area contributed by atoms with E-state index >= 15 is 0 Å². The summed E-state index contributed by atoms with van der Waals surface area (Å²) in [5.41, 5.74) is 1.91. The monoisotopic (exact) mass is 363 g/mol. The van der Waals surface area contributed by atoms with E-state index in [4.69, 9.17) is 4.74 Å². The molecule has 140 valence electrons. The number of hydrogen-bond donors (Lipinski definition) is 1. The zero-order chi connectivity index (χ0) is 18.1. The second kappa shape index (κ2) is 6.93. The van der Waals surface area contributed by atoms with Crippen LogP contribution in [0.25, 0.3) is 16.7 Å². The summed E-state index contributed by atoms with van der Waals surface area (Å²) in [4.78, 5) is 9.00. The Morgan fingerprint density at radius 3 is 2.78 bits per heavy atom. The summed E-state index contributed by atoms with van der Waals surface area (Å²) in [5.74, 6) is 0.875. The zero-order valence-corrected chi connectivity index (χ0v) is 15.5. The first-order valence-corrected chi connectivity index (χ1v) is 9.98. The molecular formula is C21H25N5O. The number of hydrogen-bond acceptors (Lipinski definition) is 5. The number of benzene rings is 1. The third-order valence-electron chi connectivity index (χ3n) is 5.97. The lowest BCUT2D eigenvalue weighted by Gasteiger charge is -2.43. The Kier molecular flexibility index (Phi) is 4.28. The van der Waals surface area contributed by atoms with Crippen LogP contribution in [-0.4, -0.2) is 38.0 Å². The molecule has 0 radical (unpaired) electrons. The predicted octanol–water partition coefficient (Wildman–Crippen LogP) is 4.11. The van der Waals surface area contributed by atoms with Crippen molar-refractivity contribution in [2.24, 2.45) is 0 Å². The van der Waals surface area contributed by atoms with E-state index in [1.165, 1.54) is 32.1 Å². The Morgan fingerprint density at radius 1 is 1.07 bits per heavy atom. The van der Waals surface area contributed by atoms with Crippen LogP contribution in [0.1, 0.15) is 44.9 Å². The van der Waals surface area contributed by atoms with E-state index in [-0.39, 0.29) is 5.60 Å². The van der Waals surface area contributed by atoms with Crippen molar-refractivity contribution in [1.82, 2.24) is 19.7 Å². The smallest absolute Gasteiger partial charge is 0.168 e. The number of fused-ring (bicyclic) bond motifs is 1. The topological polar surface area (TPSA) is 64.9 Å². The van der Waals surface area contributed by atoms with Gasteiger partial charge in [-0.25, -0.2) is 14.6 Å². The van der Waals surface area contributed by atoms with Crippen molar-refractivity contribution in [2.75, 3.05) is 11.9 Å². The summed E-state index contributed by atoms with van der Waals surface area (Å²) in [6.45, 7) is 0.829. The molecule has 1 aliphatic carbocycles. The largest absolute Gasteiger partial charge is 0.375 e. The van der Waals surface area contributed by atoms with Crippen LogP contribution in [-0.2, 0) is 4.74 Å². The lowest BCUT2D eigenvalue weighted by atomic mass is 9.78. The molecule has 1 unspecified atom stereocenters. The van der Waals surface area contributed by atoms with Crippen molar-refractivity contribution in [2.45, 2.75) is 56.6 Å². The Balaban J connectivity index is 1.41. The Hall–Kier alpha value is -2.47. The van der Waals surface area contributed by atoms with Gasteiger partial charge >= 0.3 is 0 Å². The van der Waals surface area contributed by atoms with Gasteiger partial charge in [0.05, 0.1) is 22.9 Å². The third kappa shape index (κ3) is 3.18. The molecule has 1 aliphatic heterocycles. The Labute approximate surface area is 159 Å². The molecule has 1 aromatic carbocycles. The van der Waals surface area contributed by atoms with Crippen LogP contribution in [0, 0.1) is 0 Å². The molecule has 1 saturated heterocycles. The highest BCUT2D eigenvalue weighted by atomic mass is 16.5. The number of rotatable bonds is 3. The van der Waals surface area contributed by atoms with Crippen molar-refractivity contribution >= 4 is 16.9 Å². The Morgan fingerprint density at radius 2 is 1.93 bits per heavy atom. The normalized spacial score (nSPS) is 22.1. The minimum Gasteiger partial charge on any atom is -0.375 e. The number of para-hydroxylation sites is 1. The molecule has 2 fully saturated rings. The first-order valence-electron chi connectivity index (χ1n) is 9.98. The van der Waals surface area contributed by atoms with Crippen LogP contribution in [0.5, 0.6) is 0 Å². The summed E-state index contributed by atoms with van der Waals surface area (Å²) >= 11 is 0. The minimum absolute atomic E-state index is 0.0779. The molecule has 5 rings (SSSR count). The van der Waals surface area contributed by atoms with E-state index in [0.29, 0.717) is 6.04 Å². The molecule has 27 heavy (non-hydrogen) atoms. The van der Waals surface area contributed by atoms with Crippen molar-refractivity contribution in [3.8, 4) is 5.69 Å². The van der Waals surface area contributed by atoms with Gasteiger partial charge in [0.1, 0.15) is 12.1 Å². The molecular weight excluding hydrogens is 338 g/mol. The molecule has 1 N–H and O–H groups in total. The average Bonchev–Trinajstić information content (AvgIpc) is 3.15. The van der Waals surface area contributed by atoms with Gasteiger partial charge in [-0.1, -0.05) is 37.5 Å². The van der Waals surface area contributed by atoms with Crippen LogP contribution >= 0.6 is 0 Å². The SMILES string of the molecule is c1ccc(-n2ncc3c(NC4CCOC5(CCCCC5)C4)ncnc32)cc1. The van der Waals surface area contributed by atoms with E-state index in [1.807, 2.05) is 41.2 Å². The summed E-state index contributed by atoms with van der Waals surface area (Å²) in [6.07, 6.45) is 11.9. The van der Waals surface area contributed by atoms with Gasteiger partial charge in [0, 0.05) is 12.6 Å². The number of aromatic nitrogens is 4. The maximum atomic E-state index is 6.23. The summed E-state index contributed by atoms with van der Waals surface area (Å²) in [6, 6.07) is 10.5. The fraction of sp³-hybridized carbons (Fsp3) is 0.476. The van der Waals surface area contributed by atoms with E-state index in [2.05, 4.69) is 20.4 Å². The maximum absolute atomic E-state index is 6.23. The Bertz CT molecular complexity index is 911. The first kappa shape index (κ1) is 16.7. The molecule has 3 heterocycles. The van der Waals surface area contributed by atoms with Crippen LogP contribution in [0.3, 0.4) is 0 Å². The van der Waals surface area contributed by atoms with Crippen LogP contribution in [0.4, 0.5) is 5.82 Å².